The standard InChI is InChI=1S/C12H14N2O4S/c1-2-9(8-13)14-19(15,16)10-3-4-11-12(7-10)18-6-5-17-11/h3-4,7,9,14H,2,5-6H2,1H3. The molecule has 0 amide bonds. The van der Waals surface area contributed by atoms with Gasteiger partial charge in [0.15, 0.2) is 11.5 Å². The molecule has 1 atom stereocenters. The monoisotopic (exact) mass is 282 g/mol. The third kappa shape index (κ3) is 2.97. The van der Waals surface area contributed by atoms with Crippen LogP contribution in [0.4, 0.5) is 0 Å². The molecule has 2 rings (SSSR count). The first-order chi connectivity index (χ1) is 9.06. The van der Waals surface area contributed by atoms with Gasteiger partial charge in [-0.3, -0.25) is 0 Å². The van der Waals surface area contributed by atoms with Crippen molar-refractivity contribution >= 4 is 10.0 Å². The summed E-state index contributed by atoms with van der Waals surface area (Å²) < 4.78 is 37.2. The van der Waals surface area contributed by atoms with Crippen molar-refractivity contribution in [3.63, 3.8) is 0 Å². The van der Waals surface area contributed by atoms with Gasteiger partial charge < -0.3 is 9.47 Å². The van der Waals surface area contributed by atoms with Crippen LogP contribution in [-0.4, -0.2) is 27.7 Å². The summed E-state index contributed by atoms with van der Waals surface area (Å²) >= 11 is 0. The normalized spacial score (nSPS) is 15.6. The Kier molecular flexibility index (Phi) is 3.93. The van der Waals surface area contributed by atoms with E-state index in [1.165, 1.54) is 12.1 Å². The fraction of sp³-hybridized carbons (Fsp3) is 0.417. The van der Waals surface area contributed by atoms with Crippen molar-refractivity contribution in [1.29, 1.82) is 5.26 Å². The van der Waals surface area contributed by atoms with Gasteiger partial charge in [0.05, 0.1) is 11.0 Å². The number of hydrogen-bond donors (Lipinski definition) is 1. The van der Waals surface area contributed by atoms with E-state index in [1.54, 1.807) is 13.0 Å². The first-order valence-corrected chi connectivity index (χ1v) is 7.36. The van der Waals surface area contributed by atoms with E-state index in [0.29, 0.717) is 31.1 Å². The Morgan fingerprint density at radius 3 is 2.68 bits per heavy atom. The number of nitrogens with one attached hydrogen (secondary N) is 1. The number of benzene rings is 1. The summed E-state index contributed by atoms with van der Waals surface area (Å²) in [5.41, 5.74) is 0. The molecule has 1 aromatic rings. The molecule has 1 unspecified atom stereocenters. The second-order valence-electron chi connectivity index (χ2n) is 4.02. The zero-order valence-corrected chi connectivity index (χ0v) is 11.2. The Morgan fingerprint density at radius 2 is 2.05 bits per heavy atom. The average Bonchev–Trinajstić information content (AvgIpc) is 2.44. The Hall–Kier alpha value is -1.78. The lowest BCUT2D eigenvalue weighted by Crippen LogP contribution is -2.33. The molecular weight excluding hydrogens is 268 g/mol. The SMILES string of the molecule is CCC(C#N)NS(=O)(=O)c1ccc2c(c1)OCCO2. The summed E-state index contributed by atoms with van der Waals surface area (Å²) in [5.74, 6) is 0.927. The molecule has 1 aromatic carbocycles. The molecule has 1 heterocycles. The van der Waals surface area contributed by atoms with E-state index >= 15 is 0 Å². The zero-order chi connectivity index (χ0) is 13.9. The lowest BCUT2D eigenvalue weighted by Gasteiger charge is -2.19. The molecule has 1 aliphatic heterocycles. The van der Waals surface area contributed by atoms with Crippen molar-refractivity contribution < 1.29 is 17.9 Å². The highest BCUT2D eigenvalue weighted by molar-refractivity contribution is 7.89. The minimum Gasteiger partial charge on any atom is -0.486 e. The van der Waals surface area contributed by atoms with E-state index in [4.69, 9.17) is 14.7 Å². The Bertz CT molecular complexity index is 607. The number of nitriles is 1. The molecule has 0 bridgehead atoms. The van der Waals surface area contributed by atoms with E-state index in [9.17, 15) is 8.42 Å². The second-order valence-corrected chi connectivity index (χ2v) is 5.73. The van der Waals surface area contributed by atoms with Crippen LogP contribution in [0.2, 0.25) is 0 Å². The minimum atomic E-state index is -3.73. The summed E-state index contributed by atoms with van der Waals surface area (Å²) in [4.78, 5) is 0.0606. The lowest BCUT2D eigenvalue weighted by molar-refractivity contribution is 0.171. The highest BCUT2D eigenvalue weighted by Gasteiger charge is 2.21. The van der Waals surface area contributed by atoms with Gasteiger partial charge >= 0.3 is 0 Å². The number of rotatable bonds is 4. The molecule has 19 heavy (non-hydrogen) atoms. The molecule has 1 aliphatic rings. The second kappa shape index (κ2) is 5.47. The van der Waals surface area contributed by atoms with Crippen LogP contribution >= 0.6 is 0 Å². The van der Waals surface area contributed by atoms with Crippen LogP contribution in [0.25, 0.3) is 0 Å². The first kappa shape index (κ1) is 13.6. The number of hydrogen-bond acceptors (Lipinski definition) is 5. The van der Waals surface area contributed by atoms with Crippen molar-refractivity contribution in [3.05, 3.63) is 18.2 Å². The van der Waals surface area contributed by atoms with Crippen LogP contribution in [0.3, 0.4) is 0 Å². The summed E-state index contributed by atoms with van der Waals surface area (Å²) in [5, 5.41) is 8.81. The number of nitrogens with zero attached hydrogens (tertiary/aromatic N) is 1. The predicted molar refractivity (Wildman–Crippen MR) is 67.4 cm³/mol. The molecule has 0 saturated carbocycles. The Labute approximate surface area is 112 Å². The molecular formula is C12H14N2O4S. The zero-order valence-electron chi connectivity index (χ0n) is 10.4. The molecule has 0 aliphatic carbocycles. The molecule has 0 fully saturated rings. The third-order valence-electron chi connectivity index (χ3n) is 2.69. The van der Waals surface area contributed by atoms with Gasteiger partial charge in [0.25, 0.3) is 0 Å². The number of fused-ring (bicyclic) bond motifs is 1. The largest absolute Gasteiger partial charge is 0.486 e. The highest BCUT2D eigenvalue weighted by atomic mass is 32.2. The van der Waals surface area contributed by atoms with Gasteiger partial charge in [0, 0.05) is 6.07 Å². The van der Waals surface area contributed by atoms with Gasteiger partial charge in [-0.15, -0.1) is 0 Å². The van der Waals surface area contributed by atoms with Gasteiger partial charge in [-0.1, -0.05) is 6.92 Å². The fourth-order valence-corrected chi connectivity index (χ4v) is 2.89. The van der Waals surface area contributed by atoms with Gasteiger partial charge in [-0.2, -0.15) is 9.98 Å². The van der Waals surface area contributed by atoms with Crippen molar-refractivity contribution in [2.45, 2.75) is 24.3 Å². The molecule has 0 saturated heterocycles. The van der Waals surface area contributed by atoms with Gasteiger partial charge in [0.2, 0.25) is 10.0 Å². The summed E-state index contributed by atoms with van der Waals surface area (Å²) in [6, 6.07) is 5.54. The maximum atomic E-state index is 12.1. The van der Waals surface area contributed by atoms with Crippen LogP contribution in [0.1, 0.15) is 13.3 Å². The van der Waals surface area contributed by atoms with E-state index in [-0.39, 0.29) is 4.90 Å². The van der Waals surface area contributed by atoms with Crippen molar-refractivity contribution in [1.82, 2.24) is 4.72 Å². The Morgan fingerprint density at radius 1 is 1.37 bits per heavy atom. The van der Waals surface area contributed by atoms with E-state index < -0.39 is 16.1 Å². The number of sulfonamides is 1. The molecule has 102 valence electrons. The number of ether oxygens (including phenoxy) is 2. The molecule has 0 aromatic heterocycles. The van der Waals surface area contributed by atoms with Gasteiger partial charge in [-0.05, 0) is 18.6 Å². The minimum absolute atomic E-state index is 0.0606. The molecule has 7 heteroatoms. The predicted octanol–water partition coefficient (Wildman–Crippen LogP) is 1.04. The fourth-order valence-electron chi connectivity index (χ4n) is 1.65. The summed E-state index contributed by atoms with van der Waals surface area (Å²) in [7, 11) is -3.73. The molecule has 0 spiro atoms. The molecule has 0 radical (unpaired) electrons. The third-order valence-corrected chi connectivity index (χ3v) is 4.15. The van der Waals surface area contributed by atoms with Crippen molar-refractivity contribution in [2.24, 2.45) is 0 Å². The maximum absolute atomic E-state index is 12.1. The molecule has 6 nitrogen and oxygen atoms in total. The summed E-state index contributed by atoms with van der Waals surface area (Å²) in [6.07, 6.45) is 0.403. The first-order valence-electron chi connectivity index (χ1n) is 5.88. The van der Waals surface area contributed by atoms with Crippen LogP contribution in [0.5, 0.6) is 11.5 Å². The van der Waals surface area contributed by atoms with Crippen LogP contribution in [-0.2, 0) is 10.0 Å². The lowest BCUT2D eigenvalue weighted by atomic mass is 10.3. The average molecular weight is 282 g/mol. The van der Waals surface area contributed by atoms with Crippen LogP contribution in [0, 0.1) is 11.3 Å². The quantitative estimate of drug-likeness (QED) is 0.891. The van der Waals surface area contributed by atoms with Gasteiger partial charge in [0.1, 0.15) is 19.3 Å². The van der Waals surface area contributed by atoms with E-state index in [0.717, 1.165) is 0 Å². The smallest absolute Gasteiger partial charge is 0.241 e. The van der Waals surface area contributed by atoms with Crippen LogP contribution < -0.4 is 14.2 Å². The summed E-state index contributed by atoms with van der Waals surface area (Å²) in [6.45, 7) is 2.57. The highest BCUT2D eigenvalue weighted by Crippen LogP contribution is 2.32. The van der Waals surface area contributed by atoms with E-state index in [1.807, 2.05) is 6.07 Å². The maximum Gasteiger partial charge on any atom is 0.241 e. The van der Waals surface area contributed by atoms with Crippen LogP contribution in [0.15, 0.2) is 23.1 Å². The Balaban J connectivity index is 2.28. The topological polar surface area (TPSA) is 88.4 Å². The molecule has 1 N–H and O–H groups in total. The van der Waals surface area contributed by atoms with Crippen molar-refractivity contribution in [3.8, 4) is 17.6 Å². The van der Waals surface area contributed by atoms with Gasteiger partial charge in [-0.25, -0.2) is 8.42 Å². The van der Waals surface area contributed by atoms with Crippen molar-refractivity contribution in [2.75, 3.05) is 13.2 Å². The van der Waals surface area contributed by atoms with E-state index in [2.05, 4.69) is 4.72 Å².